The molecular formula is C17H28N2O3. The fourth-order valence-electron chi connectivity index (χ4n) is 2.02. The largest absolute Gasteiger partial charge is 0.491 e. The van der Waals surface area contributed by atoms with Gasteiger partial charge >= 0.3 is 6.09 Å². The van der Waals surface area contributed by atoms with Crippen LogP contribution in [-0.2, 0) is 4.74 Å². The highest BCUT2D eigenvalue weighted by atomic mass is 16.5. The Morgan fingerprint density at radius 2 is 1.68 bits per heavy atom. The van der Waals surface area contributed by atoms with Gasteiger partial charge in [0.2, 0.25) is 0 Å². The highest BCUT2D eigenvalue weighted by Crippen LogP contribution is 2.29. The van der Waals surface area contributed by atoms with Crippen molar-refractivity contribution in [1.29, 1.82) is 0 Å². The van der Waals surface area contributed by atoms with E-state index >= 15 is 0 Å². The van der Waals surface area contributed by atoms with Crippen molar-refractivity contribution in [2.75, 3.05) is 18.5 Å². The van der Waals surface area contributed by atoms with E-state index in [1.54, 1.807) is 0 Å². The summed E-state index contributed by atoms with van der Waals surface area (Å²) in [7, 11) is 0. The number of anilines is 1. The van der Waals surface area contributed by atoms with Gasteiger partial charge in [0, 0.05) is 0 Å². The van der Waals surface area contributed by atoms with Crippen LogP contribution in [0.4, 0.5) is 10.6 Å². The summed E-state index contributed by atoms with van der Waals surface area (Å²) >= 11 is 0. The van der Waals surface area contributed by atoms with Crippen molar-refractivity contribution in [3.8, 4) is 5.75 Å². The van der Waals surface area contributed by atoms with E-state index in [0.29, 0.717) is 19.0 Å². The van der Waals surface area contributed by atoms with Gasteiger partial charge in [0.25, 0.3) is 0 Å². The van der Waals surface area contributed by atoms with Gasteiger partial charge in [-0.2, -0.15) is 0 Å². The van der Waals surface area contributed by atoms with Gasteiger partial charge in [0.15, 0.2) is 0 Å². The van der Waals surface area contributed by atoms with Gasteiger partial charge in [-0.05, 0) is 44.7 Å². The number of unbranched alkanes of at least 4 members (excludes halogenated alkanes) is 2. The number of carbonyl (C=O) groups is 1. The number of ether oxygens (including phenoxy) is 2. The Morgan fingerprint density at radius 1 is 1.05 bits per heavy atom. The summed E-state index contributed by atoms with van der Waals surface area (Å²) in [6.45, 7) is 11.1. The summed E-state index contributed by atoms with van der Waals surface area (Å²) in [5.41, 5.74) is 2.69. The lowest BCUT2D eigenvalue weighted by atomic mass is 10.1. The molecule has 0 saturated carbocycles. The Morgan fingerprint density at radius 3 is 2.32 bits per heavy atom. The van der Waals surface area contributed by atoms with Gasteiger partial charge in [0.05, 0.1) is 18.9 Å². The van der Waals surface area contributed by atoms with Gasteiger partial charge in [0.1, 0.15) is 11.6 Å². The highest BCUT2D eigenvalue weighted by Gasteiger charge is 2.15. The van der Waals surface area contributed by atoms with E-state index < -0.39 is 6.09 Å². The number of nitrogens with one attached hydrogen (secondary N) is 1. The van der Waals surface area contributed by atoms with Gasteiger partial charge in [-0.1, -0.05) is 26.7 Å². The molecule has 5 heteroatoms. The first-order chi connectivity index (χ1) is 10.5. The number of nitrogens with zero attached hydrogens (tertiary/aromatic N) is 1. The second kappa shape index (κ2) is 9.28. The first kappa shape index (κ1) is 18.3. The van der Waals surface area contributed by atoms with Crippen molar-refractivity contribution in [1.82, 2.24) is 4.98 Å². The average Bonchev–Trinajstić information content (AvgIpc) is 2.48. The smallest absolute Gasteiger partial charge is 0.412 e. The summed E-state index contributed by atoms with van der Waals surface area (Å²) < 4.78 is 10.9. The minimum Gasteiger partial charge on any atom is -0.491 e. The fourth-order valence-corrected chi connectivity index (χ4v) is 2.02. The van der Waals surface area contributed by atoms with Crippen molar-refractivity contribution in [2.45, 2.75) is 60.3 Å². The maximum atomic E-state index is 11.8. The van der Waals surface area contributed by atoms with E-state index in [-0.39, 0.29) is 0 Å². The Balaban J connectivity index is 2.79. The van der Waals surface area contributed by atoms with E-state index in [9.17, 15) is 4.79 Å². The molecule has 1 amide bonds. The van der Waals surface area contributed by atoms with Gasteiger partial charge in [-0.15, -0.1) is 0 Å². The molecule has 0 bridgehead atoms. The normalized spacial score (nSPS) is 10.4. The van der Waals surface area contributed by atoms with Crippen molar-refractivity contribution in [3.05, 3.63) is 16.8 Å². The quantitative estimate of drug-likeness (QED) is 0.716. The van der Waals surface area contributed by atoms with E-state index in [1.165, 1.54) is 0 Å². The molecule has 22 heavy (non-hydrogen) atoms. The van der Waals surface area contributed by atoms with E-state index in [1.807, 2.05) is 20.8 Å². The zero-order valence-corrected chi connectivity index (χ0v) is 14.4. The standard InChI is InChI=1S/C17H28N2O3/c1-6-8-10-21-15-12(3)13(4)16(18-14(15)5)19-17(20)22-11-9-7-2/h6-11H2,1-5H3,(H,18,19,20). The van der Waals surface area contributed by atoms with E-state index in [4.69, 9.17) is 9.47 Å². The third kappa shape index (κ3) is 5.20. The van der Waals surface area contributed by atoms with Crippen molar-refractivity contribution >= 4 is 11.9 Å². The van der Waals surface area contributed by atoms with Crippen LogP contribution in [0.2, 0.25) is 0 Å². The van der Waals surface area contributed by atoms with Crippen LogP contribution in [0.1, 0.15) is 56.4 Å². The molecule has 0 spiro atoms. The molecule has 0 radical (unpaired) electrons. The molecular weight excluding hydrogens is 280 g/mol. The van der Waals surface area contributed by atoms with Gasteiger partial charge in [-0.25, -0.2) is 9.78 Å². The number of carbonyl (C=O) groups excluding carboxylic acids is 1. The topological polar surface area (TPSA) is 60.5 Å². The van der Waals surface area contributed by atoms with Crippen LogP contribution in [0.5, 0.6) is 5.75 Å². The second-order valence-electron chi connectivity index (χ2n) is 5.44. The van der Waals surface area contributed by atoms with Crippen LogP contribution >= 0.6 is 0 Å². The molecule has 0 saturated heterocycles. The van der Waals surface area contributed by atoms with Crippen LogP contribution < -0.4 is 10.1 Å². The number of aromatic nitrogens is 1. The summed E-state index contributed by atoms with van der Waals surface area (Å²) in [4.78, 5) is 16.2. The third-order valence-corrected chi connectivity index (χ3v) is 3.56. The number of aryl methyl sites for hydroxylation is 1. The lowest BCUT2D eigenvalue weighted by molar-refractivity contribution is 0.159. The van der Waals surface area contributed by atoms with Crippen LogP contribution in [0.3, 0.4) is 0 Å². The maximum Gasteiger partial charge on any atom is 0.412 e. The Kier molecular flexibility index (Phi) is 7.71. The van der Waals surface area contributed by atoms with Crippen molar-refractivity contribution in [2.24, 2.45) is 0 Å². The molecule has 0 aliphatic rings. The monoisotopic (exact) mass is 308 g/mol. The van der Waals surface area contributed by atoms with Gasteiger partial charge in [-0.3, -0.25) is 5.32 Å². The molecule has 0 unspecified atom stereocenters. The third-order valence-electron chi connectivity index (χ3n) is 3.56. The summed E-state index contributed by atoms with van der Waals surface area (Å²) in [5, 5.41) is 2.72. The van der Waals surface area contributed by atoms with E-state index in [0.717, 1.165) is 48.3 Å². The zero-order chi connectivity index (χ0) is 16.5. The summed E-state index contributed by atoms with van der Waals surface area (Å²) in [5.74, 6) is 1.36. The molecule has 5 nitrogen and oxygen atoms in total. The molecule has 0 fully saturated rings. The van der Waals surface area contributed by atoms with Gasteiger partial charge < -0.3 is 9.47 Å². The van der Waals surface area contributed by atoms with Crippen molar-refractivity contribution < 1.29 is 14.3 Å². The molecule has 124 valence electrons. The van der Waals surface area contributed by atoms with Crippen molar-refractivity contribution in [3.63, 3.8) is 0 Å². The molecule has 1 aromatic rings. The zero-order valence-electron chi connectivity index (χ0n) is 14.4. The van der Waals surface area contributed by atoms with Crippen LogP contribution in [0.15, 0.2) is 0 Å². The lowest BCUT2D eigenvalue weighted by Gasteiger charge is -2.16. The lowest BCUT2D eigenvalue weighted by Crippen LogP contribution is -2.17. The average molecular weight is 308 g/mol. The minimum atomic E-state index is -0.456. The molecule has 0 atom stereocenters. The predicted octanol–water partition coefficient (Wildman–Crippen LogP) is 4.53. The minimum absolute atomic E-state index is 0.428. The first-order valence-corrected chi connectivity index (χ1v) is 8.05. The first-order valence-electron chi connectivity index (χ1n) is 8.05. The second-order valence-corrected chi connectivity index (χ2v) is 5.44. The summed E-state index contributed by atoms with van der Waals surface area (Å²) in [6, 6.07) is 0. The molecule has 1 heterocycles. The van der Waals surface area contributed by atoms with Crippen LogP contribution in [-0.4, -0.2) is 24.3 Å². The number of hydrogen-bond acceptors (Lipinski definition) is 4. The highest BCUT2D eigenvalue weighted by molar-refractivity contribution is 5.84. The Bertz CT molecular complexity index is 501. The number of amides is 1. The SMILES string of the molecule is CCCCOC(=O)Nc1nc(C)c(OCCCC)c(C)c1C. The van der Waals surface area contributed by atoms with Crippen LogP contribution in [0, 0.1) is 20.8 Å². The molecule has 0 aliphatic heterocycles. The molecule has 1 rings (SSSR count). The molecule has 0 aromatic carbocycles. The van der Waals surface area contributed by atoms with E-state index in [2.05, 4.69) is 24.1 Å². The number of pyridine rings is 1. The fraction of sp³-hybridized carbons (Fsp3) is 0.647. The molecule has 0 aliphatic carbocycles. The molecule has 1 N–H and O–H groups in total. The maximum absolute atomic E-state index is 11.8. The molecule has 1 aromatic heterocycles. The van der Waals surface area contributed by atoms with Crippen LogP contribution in [0.25, 0.3) is 0 Å². The number of hydrogen-bond donors (Lipinski definition) is 1. The summed E-state index contributed by atoms with van der Waals surface area (Å²) in [6.07, 6.45) is 3.51. The Hall–Kier alpha value is -1.78. The number of rotatable bonds is 8. The Labute approximate surface area is 133 Å². The predicted molar refractivity (Wildman–Crippen MR) is 88.7 cm³/mol.